The molecule has 0 aliphatic carbocycles. The Labute approximate surface area is 88.7 Å². The van der Waals surface area contributed by atoms with Gasteiger partial charge in [0.25, 0.3) is 0 Å². The van der Waals surface area contributed by atoms with Gasteiger partial charge >= 0.3 is 6.02 Å². The second-order valence-electron chi connectivity index (χ2n) is 4.30. The molecule has 3 rings (SSSR count). The minimum absolute atomic E-state index is 0.173. The average molecular weight is 200 g/mol. The van der Waals surface area contributed by atoms with Crippen molar-refractivity contribution in [2.75, 3.05) is 4.90 Å². The van der Waals surface area contributed by atoms with E-state index in [9.17, 15) is 0 Å². The van der Waals surface area contributed by atoms with Crippen LogP contribution in [0.1, 0.15) is 13.8 Å². The van der Waals surface area contributed by atoms with E-state index >= 15 is 0 Å². The molecule has 0 saturated carbocycles. The van der Waals surface area contributed by atoms with E-state index in [0.29, 0.717) is 6.02 Å². The Morgan fingerprint density at radius 1 is 1.27 bits per heavy atom. The Bertz CT molecular complexity index is 474. The summed E-state index contributed by atoms with van der Waals surface area (Å²) in [5.74, 6) is 0.874. The Hall–Kier alpha value is -1.77. The van der Waals surface area contributed by atoms with Crippen molar-refractivity contribution in [2.24, 2.45) is 4.99 Å². The summed E-state index contributed by atoms with van der Waals surface area (Å²) < 4.78 is 5.67. The molecular formula is C12H12N2O. The molecule has 15 heavy (non-hydrogen) atoms. The normalized spacial score (nSPS) is 20.4. The van der Waals surface area contributed by atoms with Gasteiger partial charge < -0.3 is 4.74 Å². The van der Waals surface area contributed by atoms with E-state index in [2.05, 4.69) is 24.9 Å². The number of fused-ring (bicyclic) bond motifs is 3. The van der Waals surface area contributed by atoms with Gasteiger partial charge in [0.2, 0.25) is 0 Å². The zero-order valence-electron chi connectivity index (χ0n) is 8.77. The lowest BCUT2D eigenvalue weighted by atomic mass is 10.1. The number of para-hydroxylation sites is 2. The van der Waals surface area contributed by atoms with E-state index < -0.39 is 0 Å². The molecule has 76 valence electrons. The van der Waals surface area contributed by atoms with Crippen LogP contribution in [0.5, 0.6) is 5.75 Å². The summed E-state index contributed by atoms with van der Waals surface area (Å²) in [7, 11) is 0. The van der Waals surface area contributed by atoms with Crippen LogP contribution >= 0.6 is 0 Å². The Morgan fingerprint density at radius 2 is 2.07 bits per heavy atom. The first-order chi connectivity index (χ1) is 7.16. The van der Waals surface area contributed by atoms with Gasteiger partial charge in [-0.15, -0.1) is 0 Å². The molecule has 0 aromatic heterocycles. The molecule has 0 N–H and O–H groups in total. The van der Waals surface area contributed by atoms with Gasteiger partial charge in [0.15, 0.2) is 5.75 Å². The van der Waals surface area contributed by atoms with Gasteiger partial charge in [-0.1, -0.05) is 12.1 Å². The van der Waals surface area contributed by atoms with Crippen LogP contribution in [0.15, 0.2) is 41.5 Å². The molecule has 2 heterocycles. The number of nitrogens with zero attached hydrogens (tertiary/aromatic N) is 2. The molecule has 1 aromatic rings. The van der Waals surface area contributed by atoms with Crippen LogP contribution in [0, 0.1) is 0 Å². The molecule has 0 amide bonds. The Balaban J connectivity index is 2.10. The maximum absolute atomic E-state index is 5.67. The van der Waals surface area contributed by atoms with Crippen molar-refractivity contribution in [3.63, 3.8) is 0 Å². The Morgan fingerprint density at radius 3 is 2.93 bits per heavy atom. The van der Waals surface area contributed by atoms with Crippen molar-refractivity contribution in [1.29, 1.82) is 0 Å². The number of anilines is 1. The fourth-order valence-corrected chi connectivity index (χ4v) is 1.75. The summed E-state index contributed by atoms with van der Waals surface area (Å²) in [4.78, 5) is 6.50. The van der Waals surface area contributed by atoms with Gasteiger partial charge in [0.1, 0.15) is 0 Å². The van der Waals surface area contributed by atoms with Crippen LogP contribution in [0.2, 0.25) is 0 Å². The lowest BCUT2D eigenvalue weighted by Gasteiger charge is -2.24. The highest BCUT2D eigenvalue weighted by molar-refractivity contribution is 6.02. The molecule has 2 aliphatic heterocycles. The van der Waals surface area contributed by atoms with Crippen molar-refractivity contribution in [3.05, 3.63) is 36.5 Å². The molecule has 0 saturated heterocycles. The van der Waals surface area contributed by atoms with E-state index in [0.717, 1.165) is 11.4 Å². The third kappa shape index (κ3) is 1.23. The van der Waals surface area contributed by atoms with Crippen molar-refractivity contribution in [3.8, 4) is 5.75 Å². The topological polar surface area (TPSA) is 24.8 Å². The van der Waals surface area contributed by atoms with Crippen molar-refractivity contribution < 1.29 is 4.74 Å². The molecule has 0 spiro atoms. The first-order valence-electron chi connectivity index (χ1n) is 5.01. The highest BCUT2D eigenvalue weighted by atomic mass is 16.5. The molecule has 0 fully saturated rings. The molecule has 0 bridgehead atoms. The average Bonchev–Trinajstić information content (AvgIpc) is 2.52. The standard InChI is InChI=1S/C12H12N2O/c1-12(2)7-8-14-9-5-3-4-6-10(9)15-11(14)13-12/h3-8H,1-2H3. The molecule has 3 nitrogen and oxygen atoms in total. The molecule has 1 aromatic carbocycles. The summed E-state index contributed by atoms with van der Waals surface area (Å²) in [5, 5.41) is 0. The molecular weight excluding hydrogens is 188 g/mol. The third-order valence-electron chi connectivity index (χ3n) is 2.55. The minimum Gasteiger partial charge on any atom is -0.423 e. The SMILES string of the molecule is CC1(C)C=CN2C(=N1)Oc1ccccc12. The fourth-order valence-electron chi connectivity index (χ4n) is 1.75. The second-order valence-corrected chi connectivity index (χ2v) is 4.30. The van der Waals surface area contributed by atoms with Crippen molar-refractivity contribution in [2.45, 2.75) is 19.4 Å². The number of ether oxygens (including phenoxy) is 1. The van der Waals surface area contributed by atoms with Crippen LogP contribution in [0.3, 0.4) is 0 Å². The van der Waals surface area contributed by atoms with Crippen LogP contribution in [-0.2, 0) is 0 Å². The predicted octanol–water partition coefficient (Wildman–Crippen LogP) is 2.55. The number of aliphatic imine (C=N–C) groups is 1. The van der Waals surface area contributed by atoms with Crippen molar-refractivity contribution in [1.82, 2.24) is 0 Å². The van der Waals surface area contributed by atoms with Gasteiger partial charge in [-0.3, -0.25) is 4.90 Å². The Kier molecular flexibility index (Phi) is 1.49. The molecule has 0 atom stereocenters. The number of benzene rings is 1. The summed E-state index contributed by atoms with van der Waals surface area (Å²) in [6.45, 7) is 4.11. The first kappa shape index (κ1) is 8.53. The monoisotopic (exact) mass is 200 g/mol. The lowest BCUT2D eigenvalue weighted by Crippen LogP contribution is -2.33. The van der Waals surface area contributed by atoms with Crippen molar-refractivity contribution >= 4 is 11.7 Å². The van der Waals surface area contributed by atoms with E-state index in [1.54, 1.807) is 0 Å². The summed E-state index contributed by atoms with van der Waals surface area (Å²) in [6, 6.07) is 8.62. The second kappa shape index (κ2) is 2.63. The van der Waals surface area contributed by atoms with Crippen LogP contribution in [-0.4, -0.2) is 11.6 Å². The number of hydrogen-bond donors (Lipinski definition) is 0. The smallest absolute Gasteiger partial charge is 0.302 e. The van der Waals surface area contributed by atoms with Crippen LogP contribution in [0.4, 0.5) is 5.69 Å². The minimum atomic E-state index is -0.173. The zero-order chi connectivity index (χ0) is 10.5. The highest BCUT2D eigenvalue weighted by Gasteiger charge is 2.31. The van der Waals surface area contributed by atoms with Gasteiger partial charge in [-0.25, -0.2) is 4.99 Å². The van der Waals surface area contributed by atoms with E-state index in [1.807, 2.05) is 35.4 Å². The quantitative estimate of drug-likeness (QED) is 0.643. The largest absolute Gasteiger partial charge is 0.423 e. The number of hydrogen-bond acceptors (Lipinski definition) is 3. The summed E-state index contributed by atoms with van der Waals surface area (Å²) in [5.41, 5.74) is 0.886. The molecule has 0 radical (unpaired) electrons. The van der Waals surface area contributed by atoms with Gasteiger partial charge in [0.05, 0.1) is 11.2 Å². The van der Waals surface area contributed by atoms with Crippen LogP contribution < -0.4 is 9.64 Å². The van der Waals surface area contributed by atoms with Gasteiger partial charge in [-0.05, 0) is 32.1 Å². The maximum Gasteiger partial charge on any atom is 0.302 e. The highest BCUT2D eigenvalue weighted by Crippen LogP contribution is 2.37. The van der Waals surface area contributed by atoms with E-state index in [4.69, 9.17) is 4.74 Å². The van der Waals surface area contributed by atoms with Gasteiger partial charge in [-0.2, -0.15) is 0 Å². The lowest BCUT2D eigenvalue weighted by molar-refractivity contribution is 0.533. The third-order valence-corrected chi connectivity index (χ3v) is 2.55. The molecule has 0 unspecified atom stereocenters. The first-order valence-corrected chi connectivity index (χ1v) is 5.01. The van der Waals surface area contributed by atoms with E-state index in [1.165, 1.54) is 0 Å². The zero-order valence-corrected chi connectivity index (χ0v) is 8.77. The molecule has 3 heteroatoms. The number of amidine groups is 1. The van der Waals surface area contributed by atoms with Gasteiger partial charge in [0, 0.05) is 6.20 Å². The predicted molar refractivity (Wildman–Crippen MR) is 60.2 cm³/mol. The van der Waals surface area contributed by atoms with Crippen LogP contribution in [0.25, 0.3) is 0 Å². The van der Waals surface area contributed by atoms with E-state index in [-0.39, 0.29) is 5.54 Å². The fraction of sp³-hybridized carbons (Fsp3) is 0.250. The summed E-state index contributed by atoms with van der Waals surface area (Å²) >= 11 is 0. The molecule has 2 aliphatic rings. The maximum atomic E-state index is 5.67. The summed E-state index contributed by atoms with van der Waals surface area (Å²) in [6.07, 6.45) is 4.09. The number of rotatable bonds is 0.